The Morgan fingerprint density at radius 1 is 1.18 bits per heavy atom. The highest BCUT2D eigenvalue weighted by Crippen LogP contribution is 2.29. The first-order valence-electron chi connectivity index (χ1n) is 9.43. The lowest BCUT2D eigenvalue weighted by Gasteiger charge is -2.13. The number of benzene rings is 1. The van der Waals surface area contributed by atoms with Crippen molar-refractivity contribution < 1.29 is 18.7 Å². The van der Waals surface area contributed by atoms with Crippen LogP contribution in [0.15, 0.2) is 39.9 Å². The molecule has 2 amide bonds. The number of fused-ring (bicyclic) bond motifs is 1. The van der Waals surface area contributed by atoms with Gasteiger partial charge < -0.3 is 14.5 Å². The van der Waals surface area contributed by atoms with Crippen molar-refractivity contribution in [3.63, 3.8) is 0 Å². The van der Waals surface area contributed by atoms with E-state index in [1.54, 1.807) is 31.4 Å². The number of methoxy groups -OCH3 is 1. The summed E-state index contributed by atoms with van der Waals surface area (Å²) < 4.78 is 10.8. The molecule has 0 unspecified atom stereocenters. The SMILES string of the molecule is COCCCNC(=O)c1oc2c(c1C)/C(=N/NC(=O)c1ccccc1)CCC2. The van der Waals surface area contributed by atoms with Gasteiger partial charge in [-0.05, 0) is 38.3 Å². The molecule has 1 aromatic carbocycles. The van der Waals surface area contributed by atoms with Gasteiger partial charge in [0.25, 0.3) is 11.8 Å². The predicted molar refractivity (Wildman–Crippen MR) is 106 cm³/mol. The second kappa shape index (κ2) is 9.32. The average Bonchev–Trinajstić information content (AvgIpc) is 3.07. The molecule has 0 saturated carbocycles. The molecule has 3 rings (SSSR count). The number of nitrogens with zero attached hydrogens (tertiary/aromatic N) is 1. The number of rotatable bonds is 7. The summed E-state index contributed by atoms with van der Waals surface area (Å²) in [5.74, 6) is 0.554. The van der Waals surface area contributed by atoms with Crippen LogP contribution in [0.4, 0.5) is 0 Å². The molecule has 1 aliphatic rings. The van der Waals surface area contributed by atoms with Gasteiger partial charge in [0.2, 0.25) is 0 Å². The second-order valence-electron chi connectivity index (χ2n) is 6.68. The fraction of sp³-hybridized carbons (Fsp3) is 0.381. The Morgan fingerprint density at radius 3 is 2.71 bits per heavy atom. The van der Waals surface area contributed by atoms with Gasteiger partial charge in [-0.25, -0.2) is 5.43 Å². The molecule has 0 radical (unpaired) electrons. The summed E-state index contributed by atoms with van der Waals surface area (Å²) in [5.41, 5.74) is 5.49. The van der Waals surface area contributed by atoms with Gasteiger partial charge in [0, 0.05) is 43.4 Å². The third-order valence-corrected chi connectivity index (χ3v) is 4.67. The second-order valence-corrected chi connectivity index (χ2v) is 6.68. The van der Waals surface area contributed by atoms with Crippen LogP contribution in [0.3, 0.4) is 0 Å². The standard InChI is InChI=1S/C21H25N3O4/c1-14-18-16(23-24-20(25)15-8-4-3-5-9-15)10-6-11-17(18)28-19(14)21(26)22-12-7-13-27-2/h3-5,8-9H,6-7,10-13H2,1-2H3,(H,22,26)(H,24,25)/b23-16+. The Morgan fingerprint density at radius 2 is 1.96 bits per heavy atom. The topological polar surface area (TPSA) is 92.9 Å². The molecule has 1 heterocycles. The maximum Gasteiger partial charge on any atom is 0.287 e. The number of hydrazone groups is 1. The van der Waals surface area contributed by atoms with E-state index in [4.69, 9.17) is 9.15 Å². The zero-order valence-electron chi connectivity index (χ0n) is 16.2. The van der Waals surface area contributed by atoms with Gasteiger partial charge in [0.15, 0.2) is 5.76 Å². The molecule has 2 N–H and O–H groups in total. The summed E-state index contributed by atoms with van der Waals surface area (Å²) in [6.07, 6.45) is 3.06. The van der Waals surface area contributed by atoms with E-state index in [1.807, 2.05) is 13.0 Å². The summed E-state index contributed by atoms with van der Waals surface area (Å²) in [5, 5.41) is 7.18. The zero-order chi connectivity index (χ0) is 19.9. The maximum absolute atomic E-state index is 12.4. The highest BCUT2D eigenvalue weighted by atomic mass is 16.5. The van der Waals surface area contributed by atoms with Gasteiger partial charge in [0.1, 0.15) is 5.76 Å². The summed E-state index contributed by atoms with van der Waals surface area (Å²) in [6, 6.07) is 8.93. The Bertz CT molecular complexity index is 871. The van der Waals surface area contributed by atoms with Crippen molar-refractivity contribution in [1.82, 2.24) is 10.7 Å². The monoisotopic (exact) mass is 383 g/mol. The van der Waals surface area contributed by atoms with E-state index in [9.17, 15) is 9.59 Å². The predicted octanol–water partition coefficient (Wildman–Crippen LogP) is 2.82. The lowest BCUT2D eigenvalue weighted by molar-refractivity contribution is 0.0916. The van der Waals surface area contributed by atoms with Gasteiger partial charge >= 0.3 is 0 Å². The van der Waals surface area contributed by atoms with Crippen LogP contribution < -0.4 is 10.7 Å². The van der Waals surface area contributed by atoms with Gasteiger partial charge in [0.05, 0.1) is 5.71 Å². The van der Waals surface area contributed by atoms with E-state index in [0.717, 1.165) is 48.3 Å². The minimum atomic E-state index is -0.266. The van der Waals surface area contributed by atoms with Crippen LogP contribution in [0.2, 0.25) is 0 Å². The smallest absolute Gasteiger partial charge is 0.287 e. The van der Waals surface area contributed by atoms with Gasteiger partial charge in [-0.1, -0.05) is 18.2 Å². The zero-order valence-corrected chi connectivity index (χ0v) is 16.2. The lowest BCUT2D eigenvalue weighted by Crippen LogP contribution is -2.25. The van der Waals surface area contributed by atoms with Crippen molar-refractivity contribution in [2.75, 3.05) is 20.3 Å². The number of furan rings is 1. The molecule has 0 saturated heterocycles. The first-order valence-corrected chi connectivity index (χ1v) is 9.43. The van der Waals surface area contributed by atoms with Crippen LogP contribution in [0.25, 0.3) is 0 Å². The summed E-state index contributed by atoms with van der Waals surface area (Å²) in [7, 11) is 1.63. The van der Waals surface area contributed by atoms with E-state index >= 15 is 0 Å². The average molecular weight is 383 g/mol. The molecule has 0 atom stereocenters. The Kier molecular flexibility index (Phi) is 6.60. The molecule has 7 nitrogen and oxygen atoms in total. The Labute approximate surface area is 164 Å². The number of carbonyl (C=O) groups excluding carboxylic acids is 2. The molecule has 28 heavy (non-hydrogen) atoms. The van der Waals surface area contributed by atoms with Crippen LogP contribution in [-0.2, 0) is 11.2 Å². The number of nitrogens with one attached hydrogen (secondary N) is 2. The van der Waals surface area contributed by atoms with E-state index in [-0.39, 0.29) is 11.8 Å². The minimum Gasteiger partial charge on any atom is -0.455 e. The summed E-state index contributed by atoms with van der Waals surface area (Å²) >= 11 is 0. The van der Waals surface area contributed by atoms with E-state index < -0.39 is 0 Å². The molecule has 0 bridgehead atoms. The normalized spacial score (nSPS) is 14.6. The number of amides is 2. The highest BCUT2D eigenvalue weighted by Gasteiger charge is 2.28. The molecule has 0 aliphatic heterocycles. The van der Waals surface area contributed by atoms with Gasteiger partial charge in [-0.3, -0.25) is 9.59 Å². The fourth-order valence-corrected chi connectivity index (χ4v) is 3.27. The largest absolute Gasteiger partial charge is 0.455 e. The minimum absolute atomic E-state index is 0.240. The number of hydrogen-bond donors (Lipinski definition) is 2. The number of aryl methyl sites for hydroxylation is 1. The summed E-state index contributed by atoms with van der Waals surface area (Å²) in [6.45, 7) is 2.96. The molecular formula is C21H25N3O4. The molecule has 0 spiro atoms. The third kappa shape index (κ3) is 4.48. The molecule has 7 heteroatoms. The van der Waals surface area contributed by atoms with Crippen molar-refractivity contribution in [3.05, 3.63) is 58.5 Å². The number of hydrogen-bond acceptors (Lipinski definition) is 5. The molecule has 0 fully saturated rings. The highest BCUT2D eigenvalue weighted by molar-refractivity contribution is 6.07. The Hall–Kier alpha value is -2.93. The van der Waals surface area contributed by atoms with Gasteiger partial charge in [-0.2, -0.15) is 5.10 Å². The fourth-order valence-electron chi connectivity index (χ4n) is 3.27. The van der Waals surface area contributed by atoms with Crippen LogP contribution >= 0.6 is 0 Å². The first kappa shape index (κ1) is 19.8. The van der Waals surface area contributed by atoms with E-state index in [1.165, 1.54) is 0 Å². The van der Waals surface area contributed by atoms with Crippen LogP contribution in [-0.4, -0.2) is 37.8 Å². The molecular weight excluding hydrogens is 358 g/mol. The van der Waals surface area contributed by atoms with Gasteiger partial charge in [-0.15, -0.1) is 0 Å². The van der Waals surface area contributed by atoms with Crippen molar-refractivity contribution in [3.8, 4) is 0 Å². The van der Waals surface area contributed by atoms with Crippen LogP contribution in [0.1, 0.15) is 57.1 Å². The van der Waals surface area contributed by atoms with Crippen LogP contribution in [0, 0.1) is 6.92 Å². The molecule has 2 aromatic rings. The number of carbonyl (C=O) groups is 2. The van der Waals surface area contributed by atoms with E-state index in [0.29, 0.717) is 24.5 Å². The first-order chi connectivity index (χ1) is 13.6. The lowest BCUT2D eigenvalue weighted by atomic mass is 9.93. The summed E-state index contributed by atoms with van der Waals surface area (Å²) in [4.78, 5) is 24.7. The van der Waals surface area contributed by atoms with E-state index in [2.05, 4.69) is 15.8 Å². The molecule has 1 aliphatic carbocycles. The van der Waals surface area contributed by atoms with Crippen molar-refractivity contribution in [1.29, 1.82) is 0 Å². The third-order valence-electron chi connectivity index (χ3n) is 4.67. The number of ether oxygens (including phenoxy) is 1. The van der Waals surface area contributed by atoms with Crippen molar-refractivity contribution >= 4 is 17.5 Å². The quantitative estimate of drug-likeness (QED) is 0.568. The molecule has 148 valence electrons. The maximum atomic E-state index is 12.4. The Balaban J connectivity index is 1.75. The van der Waals surface area contributed by atoms with Crippen molar-refractivity contribution in [2.45, 2.75) is 32.6 Å². The van der Waals surface area contributed by atoms with Crippen LogP contribution in [0.5, 0.6) is 0 Å². The van der Waals surface area contributed by atoms with Crippen molar-refractivity contribution in [2.24, 2.45) is 5.10 Å². The molecule has 1 aromatic heterocycles.